The Bertz CT molecular complexity index is 433. The lowest BCUT2D eigenvalue weighted by atomic mass is 9.91. The van der Waals surface area contributed by atoms with Gasteiger partial charge in [-0.15, -0.1) is 0 Å². The molecular formula is C14H18BrF2NO. The van der Waals surface area contributed by atoms with Crippen LogP contribution in [0.25, 0.3) is 0 Å². The first-order valence-corrected chi connectivity index (χ1v) is 7.20. The SMILES string of the molecule is CC(F)(Cc1cccc(F)c1Br)CC1COCCN1. The monoisotopic (exact) mass is 333 g/mol. The molecule has 1 aliphatic rings. The lowest BCUT2D eigenvalue weighted by Gasteiger charge is -2.30. The van der Waals surface area contributed by atoms with E-state index in [9.17, 15) is 8.78 Å². The number of rotatable bonds is 4. The average Bonchev–Trinajstić information content (AvgIpc) is 2.35. The Morgan fingerprint density at radius 1 is 1.53 bits per heavy atom. The van der Waals surface area contributed by atoms with Crippen LogP contribution in [0.5, 0.6) is 0 Å². The summed E-state index contributed by atoms with van der Waals surface area (Å²) in [6, 6.07) is 4.74. The van der Waals surface area contributed by atoms with Gasteiger partial charge in [-0.2, -0.15) is 0 Å². The number of benzene rings is 1. The molecule has 1 saturated heterocycles. The molecule has 0 spiro atoms. The molecule has 5 heteroatoms. The number of hydrogen-bond donors (Lipinski definition) is 1. The maximum atomic E-state index is 14.6. The molecule has 0 saturated carbocycles. The zero-order chi connectivity index (χ0) is 13.9. The van der Waals surface area contributed by atoms with Crippen LogP contribution in [0.2, 0.25) is 0 Å². The van der Waals surface area contributed by atoms with Crippen molar-refractivity contribution in [3.8, 4) is 0 Å². The van der Waals surface area contributed by atoms with Crippen molar-refractivity contribution in [2.45, 2.75) is 31.5 Å². The van der Waals surface area contributed by atoms with E-state index in [1.54, 1.807) is 19.1 Å². The first-order valence-electron chi connectivity index (χ1n) is 6.41. The molecule has 2 rings (SSSR count). The summed E-state index contributed by atoms with van der Waals surface area (Å²) in [6.07, 6.45) is 0.541. The van der Waals surface area contributed by atoms with Crippen LogP contribution in [0, 0.1) is 5.82 Å². The second-order valence-electron chi connectivity index (χ2n) is 5.23. The summed E-state index contributed by atoms with van der Waals surface area (Å²) in [5.41, 5.74) is -0.740. The minimum atomic E-state index is -1.39. The predicted octanol–water partition coefficient (Wildman–Crippen LogP) is 3.24. The Balaban J connectivity index is 2.01. The first-order chi connectivity index (χ1) is 8.98. The van der Waals surface area contributed by atoms with Crippen LogP contribution in [-0.4, -0.2) is 31.5 Å². The first kappa shape index (κ1) is 14.9. The van der Waals surface area contributed by atoms with E-state index in [4.69, 9.17) is 4.74 Å². The van der Waals surface area contributed by atoms with Crippen molar-refractivity contribution < 1.29 is 13.5 Å². The van der Waals surface area contributed by atoms with Crippen LogP contribution in [0.4, 0.5) is 8.78 Å². The summed E-state index contributed by atoms with van der Waals surface area (Å²) < 4.78 is 33.7. The van der Waals surface area contributed by atoms with E-state index < -0.39 is 5.67 Å². The Kier molecular flexibility index (Phi) is 4.92. The van der Waals surface area contributed by atoms with Gasteiger partial charge in [-0.3, -0.25) is 0 Å². The van der Waals surface area contributed by atoms with Gasteiger partial charge in [0.25, 0.3) is 0 Å². The molecule has 106 valence electrons. The highest BCUT2D eigenvalue weighted by Gasteiger charge is 2.30. The fraction of sp³-hybridized carbons (Fsp3) is 0.571. The molecule has 2 nitrogen and oxygen atoms in total. The lowest BCUT2D eigenvalue weighted by molar-refractivity contribution is 0.0483. The summed E-state index contributed by atoms with van der Waals surface area (Å²) in [4.78, 5) is 0. The maximum Gasteiger partial charge on any atom is 0.137 e. The van der Waals surface area contributed by atoms with E-state index in [1.165, 1.54) is 6.07 Å². The van der Waals surface area contributed by atoms with Gasteiger partial charge in [0.05, 0.1) is 17.7 Å². The van der Waals surface area contributed by atoms with Gasteiger partial charge in [0.1, 0.15) is 11.5 Å². The Labute approximate surface area is 120 Å². The van der Waals surface area contributed by atoms with Crippen molar-refractivity contribution >= 4 is 15.9 Å². The highest BCUT2D eigenvalue weighted by atomic mass is 79.9. The molecule has 2 atom stereocenters. The summed E-state index contributed by atoms with van der Waals surface area (Å²) in [5.74, 6) is -0.354. The van der Waals surface area contributed by atoms with Gasteiger partial charge in [-0.05, 0) is 40.9 Å². The van der Waals surface area contributed by atoms with Gasteiger partial charge < -0.3 is 10.1 Å². The fourth-order valence-electron chi connectivity index (χ4n) is 2.42. The third-order valence-electron chi connectivity index (χ3n) is 3.26. The van der Waals surface area contributed by atoms with Gasteiger partial charge in [0.15, 0.2) is 0 Å². The van der Waals surface area contributed by atoms with Crippen LogP contribution in [-0.2, 0) is 11.2 Å². The molecule has 1 N–H and O–H groups in total. The van der Waals surface area contributed by atoms with Crippen LogP contribution < -0.4 is 5.32 Å². The molecule has 0 radical (unpaired) electrons. The minimum Gasteiger partial charge on any atom is -0.379 e. The van der Waals surface area contributed by atoms with E-state index >= 15 is 0 Å². The molecule has 0 aliphatic carbocycles. The van der Waals surface area contributed by atoms with Gasteiger partial charge in [-0.1, -0.05) is 12.1 Å². The molecule has 1 aliphatic heterocycles. The number of alkyl halides is 1. The highest BCUT2D eigenvalue weighted by Crippen LogP contribution is 2.29. The van der Waals surface area contributed by atoms with Crippen LogP contribution >= 0.6 is 15.9 Å². The smallest absolute Gasteiger partial charge is 0.137 e. The molecule has 19 heavy (non-hydrogen) atoms. The average molecular weight is 334 g/mol. The van der Waals surface area contributed by atoms with E-state index in [2.05, 4.69) is 21.2 Å². The Morgan fingerprint density at radius 3 is 3.00 bits per heavy atom. The number of halogens is 3. The van der Waals surface area contributed by atoms with Gasteiger partial charge in [0.2, 0.25) is 0 Å². The summed E-state index contributed by atoms with van der Waals surface area (Å²) in [7, 11) is 0. The maximum absolute atomic E-state index is 14.6. The van der Waals surface area contributed by atoms with Crippen LogP contribution in [0.15, 0.2) is 22.7 Å². The third-order valence-corrected chi connectivity index (χ3v) is 4.15. The molecule has 1 fully saturated rings. The van der Waals surface area contributed by atoms with Crippen LogP contribution in [0.1, 0.15) is 18.9 Å². The van der Waals surface area contributed by atoms with Crippen molar-refractivity contribution in [1.29, 1.82) is 0 Å². The number of hydrogen-bond acceptors (Lipinski definition) is 2. The highest BCUT2D eigenvalue weighted by molar-refractivity contribution is 9.10. The fourth-order valence-corrected chi connectivity index (χ4v) is 2.82. The molecule has 0 bridgehead atoms. The summed E-state index contributed by atoms with van der Waals surface area (Å²) in [5, 5.41) is 3.24. The van der Waals surface area contributed by atoms with Crippen molar-refractivity contribution in [2.75, 3.05) is 19.8 Å². The van der Waals surface area contributed by atoms with Gasteiger partial charge >= 0.3 is 0 Å². The summed E-state index contributed by atoms with van der Waals surface area (Å²) >= 11 is 3.18. The van der Waals surface area contributed by atoms with E-state index in [0.29, 0.717) is 29.7 Å². The van der Waals surface area contributed by atoms with Crippen LogP contribution in [0.3, 0.4) is 0 Å². The largest absolute Gasteiger partial charge is 0.379 e. The lowest BCUT2D eigenvalue weighted by Crippen LogP contribution is -2.45. The van der Waals surface area contributed by atoms with Crippen molar-refractivity contribution in [1.82, 2.24) is 5.32 Å². The Morgan fingerprint density at radius 2 is 2.32 bits per heavy atom. The predicted molar refractivity (Wildman–Crippen MR) is 74.5 cm³/mol. The standard InChI is InChI=1S/C14H18BrF2NO/c1-14(17,8-11-9-19-6-5-18-11)7-10-3-2-4-12(16)13(10)15/h2-4,11,18H,5-9H2,1H3. The van der Waals surface area contributed by atoms with Gasteiger partial charge in [-0.25, -0.2) is 8.78 Å². The number of ether oxygens (including phenoxy) is 1. The molecule has 2 unspecified atom stereocenters. The molecule has 0 aromatic heterocycles. The van der Waals surface area contributed by atoms with Crippen molar-refractivity contribution in [3.63, 3.8) is 0 Å². The van der Waals surface area contributed by atoms with Crippen molar-refractivity contribution in [3.05, 3.63) is 34.1 Å². The van der Waals surface area contributed by atoms with E-state index in [1.807, 2.05) is 0 Å². The zero-order valence-electron chi connectivity index (χ0n) is 10.9. The second-order valence-corrected chi connectivity index (χ2v) is 6.03. The molecular weight excluding hydrogens is 316 g/mol. The van der Waals surface area contributed by atoms with E-state index in [0.717, 1.165) is 6.54 Å². The minimum absolute atomic E-state index is 0.0242. The quantitative estimate of drug-likeness (QED) is 0.913. The molecule has 1 aromatic carbocycles. The molecule has 1 heterocycles. The topological polar surface area (TPSA) is 21.3 Å². The van der Waals surface area contributed by atoms with Gasteiger partial charge in [0, 0.05) is 19.0 Å². The summed E-state index contributed by atoms with van der Waals surface area (Å²) in [6.45, 7) is 3.52. The number of morpholine rings is 1. The molecule has 0 amide bonds. The number of nitrogens with one attached hydrogen (secondary N) is 1. The Hall–Kier alpha value is -0.520. The second kappa shape index (κ2) is 6.29. The van der Waals surface area contributed by atoms with Crippen molar-refractivity contribution in [2.24, 2.45) is 0 Å². The van der Waals surface area contributed by atoms with E-state index in [-0.39, 0.29) is 18.3 Å². The zero-order valence-corrected chi connectivity index (χ0v) is 12.5. The normalized spacial score (nSPS) is 23.1. The molecule has 1 aromatic rings. The third kappa shape index (κ3) is 4.23.